The van der Waals surface area contributed by atoms with Crippen molar-refractivity contribution in [2.75, 3.05) is 31.5 Å². The maximum atomic E-state index is 13.1. The van der Waals surface area contributed by atoms with Crippen LogP contribution >= 0.6 is 0 Å². The van der Waals surface area contributed by atoms with Gasteiger partial charge in [-0.3, -0.25) is 0 Å². The summed E-state index contributed by atoms with van der Waals surface area (Å²) < 4.78 is 14.7. The predicted molar refractivity (Wildman–Crippen MR) is 125 cm³/mol. The molecule has 2 aromatic carbocycles. The van der Waals surface area contributed by atoms with Crippen LogP contribution in [0.15, 0.2) is 48.5 Å². The van der Waals surface area contributed by atoms with E-state index in [2.05, 4.69) is 31.1 Å². The van der Waals surface area contributed by atoms with Gasteiger partial charge in [0, 0.05) is 31.4 Å². The molecular weight excluding hydrogens is 421 g/mol. The zero-order chi connectivity index (χ0) is 23.0. The first kappa shape index (κ1) is 22.8. The second-order valence-corrected chi connectivity index (χ2v) is 8.58. The molecule has 0 saturated carbocycles. The van der Waals surface area contributed by atoms with Crippen molar-refractivity contribution in [1.82, 2.24) is 30.4 Å². The standard InChI is InChI=1S/C24H30FN7O/c1-31-23(28-29-30-31)20-7-11-22(12-8-20)27-24(33)26-13-3-15-32-14-2-4-19(17-32)16-18-5-9-21(25)10-6-18/h5-12,19H,2-4,13-17H2,1H3,(H2,26,27,33). The minimum atomic E-state index is -0.212. The molecule has 9 heteroatoms. The summed E-state index contributed by atoms with van der Waals surface area (Å²) in [4.78, 5) is 14.7. The molecule has 2 N–H and O–H groups in total. The number of anilines is 1. The van der Waals surface area contributed by atoms with Gasteiger partial charge < -0.3 is 15.5 Å². The van der Waals surface area contributed by atoms with Gasteiger partial charge in [-0.2, -0.15) is 0 Å². The Hall–Kier alpha value is -3.33. The van der Waals surface area contributed by atoms with Crippen LogP contribution in [0.4, 0.5) is 14.9 Å². The molecular formula is C24H30FN7O. The number of rotatable bonds is 8. The predicted octanol–water partition coefficient (Wildman–Crippen LogP) is 3.48. The van der Waals surface area contributed by atoms with Crippen LogP contribution < -0.4 is 10.6 Å². The number of tetrazole rings is 1. The van der Waals surface area contributed by atoms with Gasteiger partial charge in [-0.15, -0.1) is 5.10 Å². The van der Waals surface area contributed by atoms with Crippen molar-refractivity contribution in [3.8, 4) is 11.4 Å². The largest absolute Gasteiger partial charge is 0.338 e. The molecule has 2 heterocycles. The van der Waals surface area contributed by atoms with E-state index in [0.717, 1.165) is 38.0 Å². The summed E-state index contributed by atoms with van der Waals surface area (Å²) in [5.41, 5.74) is 2.79. The number of aromatic nitrogens is 4. The number of urea groups is 1. The normalized spacial score (nSPS) is 16.5. The fourth-order valence-corrected chi connectivity index (χ4v) is 4.33. The van der Waals surface area contributed by atoms with Gasteiger partial charge in [0.25, 0.3) is 0 Å². The number of likely N-dealkylation sites (tertiary alicyclic amines) is 1. The summed E-state index contributed by atoms with van der Waals surface area (Å²) in [6.45, 7) is 3.73. The molecule has 33 heavy (non-hydrogen) atoms. The fourth-order valence-electron chi connectivity index (χ4n) is 4.33. The summed E-state index contributed by atoms with van der Waals surface area (Å²) in [5, 5.41) is 17.2. The number of benzene rings is 2. The van der Waals surface area contributed by atoms with Crippen LogP contribution in [0.3, 0.4) is 0 Å². The van der Waals surface area contributed by atoms with E-state index in [-0.39, 0.29) is 11.8 Å². The summed E-state index contributed by atoms with van der Waals surface area (Å²) in [6, 6.07) is 14.1. The molecule has 1 atom stereocenters. The molecule has 4 rings (SSSR count). The second kappa shape index (κ2) is 11.0. The number of carbonyl (C=O) groups excluding carboxylic acids is 1. The SMILES string of the molecule is Cn1nnnc1-c1ccc(NC(=O)NCCCN2CCCC(Cc3ccc(F)cc3)C2)cc1. The lowest BCUT2D eigenvalue weighted by Crippen LogP contribution is -2.38. The molecule has 0 aliphatic carbocycles. The molecule has 0 spiro atoms. The Balaban J connectivity index is 1.15. The lowest BCUT2D eigenvalue weighted by molar-refractivity contribution is 0.172. The molecule has 1 aromatic heterocycles. The number of carbonyl (C=O) groups is 1. The molecule has 2 amide bonds. The topological polar surface area (TPSA) is 88.0 Å². The van der Waals surface area contributed by atoms with Gasteiger partial charge in [0.2, 0.25) is 0 Å². The zero-order valence-electron chi connectivity index (χ0n) is 18.9. The second-order valence-electron chi connectivity index (χ2n) is 8.58. The maximum Gasteiger partial charge on any atom is 0.319 e. The van der Waals surface area contributed by atoms with Crippen LogP contribution in [0.25, 0.3) is 11.4 Å². The van der Waals surface area contributed by atoms with E-state index >= 15 is 0 Å². The highest BCUT2D eigenvalue weighted by Gasteiger charge is 2.20. The molecule has 8 nitrogen and oxygen atoms in total. The molecule has 1 fully saturated rings. The van der Waals surface area contributed by atoms with Crippen LogP contribution in [-0.4, -0.2) is 57.3 Å². The van der Waals surface area contributed by atoms with Crippen molar-refractivity contribution in [1.29, 1.82) is 0 Å². The first-order valence-corrected chi connectivity index (χ1v) is 11.4. The number of nitrogens with one attached hydrogen (secondary N) is 2. The van der Waals surface area contributed by atoms with Crippen LogP contribution in [-0.2, 0) is 13.5 Å². The number of hydrogen-bond donors (Lipinski definition) is 2. The van der Waals surface area contributed by atoms with Gasteiger partial charge in [0.15, 0.2) is 5.82 Å². The Kier molecular flexibility index (Phi) is 7.62. The van der Waals surface area contributed by atoms with E-state index in [0.29, 0.717) is 24.0 Å². The van der Waals surface area contributed by atoms with Gasteiger partial charge in [0.05, 0.1) is 0 Å². The summed E-state index contributed by atoms with van der Waals surface area (Å²) >= 11 is 0. The molecule has 3 aromatic rings. The third kappa shape index (κ3) is 6.58. The van der Waals surface area contributed by atoms with E-state index in [9.17, 15) is 9.18 Å². The Morgan fingerprint density at radius 2 is 1.94 bits per heavy atom. The number of halogens is 1. The van der Waals surface area contributed by atoms with E-state index in [1.54, 1.807) is 11.7 Å². The van der Waals surface area contributed by atoms with Crippen LogP contribution in [0.1, 0.15) is 24.8 Å². The van der Waals surface area contributed by atoms with Crippen LogP contribution in [0, 0.1) is 11.7 Å². The minimum Gasteiger partial charge on any atom is -0.338 e. The van der Waals surface area contributed by atoms with Crippen molar-refractivity contribution in [3.63, 3.8) is 0 Å². The third-order valence-corrected chi connectivity index (χ3v) is 6.00. The maximum absolute atomic E-state index is 13.1. The lowest BCUT2D eigenvalue weighted by atomic mass is 9.91. The van der Waals surface area contributed by atoms with Gasteiger partial charge >= 0.3 is 6.03 Å². The van der Waals surface area contributed by atoms with Gasteiger partial charge in [-0.1, -0.05) is 12.1 Å². The summed E-state index contributed by atoms with van der Waals surface area (Å²) in [5.74, 6) is 1.08. The quantitative estimate of drug-likeness (QED) is 0.512. The molecule has 174 valence electrons. The number of amides is 2. The molecule has 0 radical (unpaired) electrons. The molecule has 1 aliphatic rings. The first-order chi connectivity index (χ1) is 16.1. The summed E-state index contributed by atoms with van der Waals surface area (Å²) in [7, 11) is 1.78. The van der Waals surface area contributed by atoms with Crippen molar-refractivity contribution < 1.29 is 9.18 Å². The van der Waals surface area contributed by atoms with E-state index < -0.39 is 0 Å². The van der Waals surface area contributed by atoms with Crippen LogP contribution in [0.2, 0.25) is 0 Å². The van der Waals surface area contributed by atoms with Crippen molar-refractivity contribution in [2.24, 2.45) is 13.0 Å². The Morgan fingerprint density at radius 3 is 2.67 bits per heavy atom. The van der Waals surface area contributed by atoms with E-state index in [1.807, 2.05) is 36.4 Å². The smallest absolute Gasteiger partial charge is 0.319 e. The van der Waals surface area contributed by atoms with Crippen molar-refractivity contribution in [3.05, 3.63) is 59.9 Å². The Labute approximate surface area is 193 Å². The number of piperidine rings is 1. The lowest BCUT2D eigenvalue weighted by Gasteiger charge is -2.32. The monoisotopic (exact) mass is 451 g/mol. The average molecular weight is 452 g/mol. The molecule has 1 aliphatic heterocycles. The summed E-state index contributed by atoms with van der Waals surface area (Å²) in [6.07, 6.45) is 4.28. The number of nitrogens with zero attached hydrogens (tertiary/aromatic N) is 5. The molecule has 0 bridgehead atoms. The zero-order valence-corrected chi connectivity index (χ0v) is 18.9. The number of aryl methyl sites for hydroxylation is 1. The Morgan fingerprint density at radius 1 is 1.15 bits per heavy atom. The third-order valence-electron chi connectivity index (χ3n) is 6.00. The average Bonchev–Trinajstić information content (AvgIpc) is 3.25. The van der Waals surface area contributed by atoms with E-state index in [4.69, 9.17) is 0 Å². The highest BCUT2D eigenvalue weighted by atomic mass is 19.1. The van der Waals surface area contributed by atoms with Gasteiger partial charge in [-0.05, 0) is 97.1 Å². The Bertz CT molecular complexity index is 1040. The van der Waals surface area contributed by atoms with Crippen molar-refractivity contribution >= 4 is 11.7 Å². The first-order valence-electron chi connectivity index (χ1n) is 11.4. The van der Waals surface area contributed by atoms with Crippen molar-refractivity contribution in [2.45, 2.75) is 25.7 Å². The fraction of sp³-hybridized carbons (Fsp3) is 0.417. The van der Waals surface area contributed by atoms with Gasteiger partial charge in [0.1, 0.15) is 5.82 Å². The van der Waals surface area contributed by atoms with Gasteiger partial charge in [-0.25, -0.2) is 13.9 Å². The van der Waals surface area contributed by atoms with Crippen LogP contribution in [0.5, 0.6) is 0 Å². The van der Waals surface area contributed by atoms with E-state index in [1.165, 1.54) is 30.5 Å². The highest BCUT2D eigenvalue weighted by Crippen LogP contribution is 2.21. The molecule has 1 unspecified atom stereocenters. The molecule has 1 saturated heterocycles. The minimum absolute atomic E-state index is 0.183. The highest BCUT2D eigenvalue weighted by molar-refractivity contribution is 5.89. The number of hydrogen-bond acceptors (Lipinski definition) is 5.